The molecule has 2 aliphatic heterocycles. The van der Waals surface area contributed by atoms with Crippen molar-refractivity contribution in [2.24, 2.45) is 0 Å². The Balaban J connectivity index is 1.61. The van der Waals surface area contributed by atoms with Gasteiger partial charge in [-0.2, -0.15) is 0 Å². The average molecular weight is 289 g/mol. The Morgan fingerprint density at radius 1 is 1.24 bits per heavy atom. The summed E-state index contributed by atoms with van der Waals surface area (Å²) < 4.78 is 5.87. The topological polar surface area (TPSA) is 27.7 Å². The fourth-order valence-electron chi connectivity index (χ4n) is 3.22. The minimum Gasteiger partial charge on any atom is -0.489 e. The van der Waals surface area contributed by atoms with E-state index in [1.54, 1.807) is 0 Å². The molecule has 4 nitrogen and oxygen atoms in total. The molecule has 2 heterocycles. The molecule has 0 radical (unpaired) electrons. The molecule has 1 aromatic carbocycles. The van der Waals surface area contributed by atoms with Crippen molar-refractivity contribution in [3.63, 3.8) is 0 Å². The predicted molar refractivity (Wildman–Crippen MR) is 87.0 cm³/mol. The van der Waals surface area contributed by atoms with E-state index in [2.05, 4.69) is 47.2 Å². The SMILES string of the molecule is CCC(C)N1CCN(Cc2cccc3c2OCCN3)CC1. The molecule has 1 unspecified atom stereocenters. The van der Waals surface area contributed by atoms with Crippen molar-refractivity contribution < 1.29 is 4.74 Å². The third-order valence-corrected chi connectivity index (χ3v) is 4.78. The molecule has 1 N–H and O–H groups in total. The lowest BCUT2D eigenvalue weighted by atomic mass is 10.1. The van der Waals surface area contributed by atoms with Gasteiger partial charge in [0.05, 0.1) is 5.69 Å². The normalized spacial score (nSPS) is 21.2. The fraction of sp³-hybridized carbons (Fsp3) is 0.647. The molecule has 0 amide bonds. The maximum absolute atomic E-state index is 5.87. The summed E-state index contributed by atoms with van der Waals surface area (Å²) in [7, 11) is 0. The monoisotopic (exact) mass is 289 g/mol. The maximum atomic E-state index is 5.87. The number of piperazine rings is 1. The van der Waals surface area contributed by atoms with Crippen molar-refractivity contribution in [2.75, 3.05) is 44.6 Å². The second-order valence-electron chi connectivity index (χ2n) is 6.14. The number of ether oxygens (including phenoxy) is 1. The molecule has 0 bridgehead atoms. The zero-order chi connectivity index (χ0) is 14.7. The van der Waals surface area contributed by atoms with Gasteiger partial charge in [0, 0.05) is 50.9 Å². The van der Waals surface area contributed by atoms with E-state index < -0.39 is 0 Å². The van der Waals surface area contributed by atoms with Gasteiger partial charge in [0.1, 0.15) is 12.4 Å². The standard InChI is InChI=1S/C17H27N3O/c1-3-14(2)20-10-8-19(9-11-20)13-15-5-4-6-16-17(15)21-12-7-18-16/h4-6,14,18H,3,7-13H2,1-2H3. The lowest BCUT2D eigenvalue weighted by molar-refractivity contribution is 0.0956. The minimum absolute atomic E-state index is 0.712. The van der Waals surface area contributed by atoms with Gasteiger partial charge in [-0.3, -0.25) is 9.80 Å². The first-order valence-corrected chi connectivity index (χ1v) is 8.23. The lowest BCUT2D eigenvalue weighted by Crippen LogP contribution is -2.49. The van der Waals surface area contributed by atoms with Crippen LogP contribution in [0, 0.1) is 0 Å². The molecule has 4 heteroatoms. The first-order chi connectivity index (χ1) is 10.3. The highest BCUT2D eigenvalue weighted by Gasteiger charge is 2.22. The molecule has 1 aromatic rings. The molecule has 0 aliphatic carbocycles. The highest BCUT2D eigenvalue weighted by molar-refractivity contribution is 5.61. The molecule has 0 saturated carbocycles. The Morgan fingerprint density at radius 3 is 2.81 bits per heavy atom. The molecule has 1 atom stereocenters. The Hall–Kier alpha value is -1.26. The molecule has 2 aliphatic rings. The Labute approximate surface area is 128 Å². The van der Waals surface area contributed by atoms with Crippen LogP contribution in [0.4, 0.5) is 5.69 Å². The molecule has 116 valence electrons. The van der Waals surface area contributed by atoms with Crippen LogP contribution in [0.1, 0.15) is 25.8 Å². The lowest BCUT2D eigenvalue weighted by Gasteiger charge is -2.38. The van der Waals surface area contributed by atoms with Gasteiger partial charge in [0.2, 0.25) is 0 Å². The van der Waals surface area contributed by atoms with Gasteiger partial charge in [-0.05, 0) is 19.4 Å². The van der Waals surface area contributed by atoms with Crippen molar-refractivity contribution in [3.8, 4) is 5.75 Å². The second-order valence-corrected chi connectivity index (χ2v) is 6.14. The van der Waals surface area contributed by atoms with Gasteiger partial charge in [0.25, 0.3) is 0 Å². The molecule has 1 saturated heterocycles. The quantitative estimate of drug-likeness (QED) is 0.921. The highest BCUT2D eigenvalue weighted by atomic mass is 16.5. The summed E-state index contributed by atoms with van der Waals surface area (Å²) in [6.45, 7) is 12.0. The first kappa shape index (κ1) is 14.7. The van der Waals surface area contributed by atoms with Crippen molar-refractivity contribution in [3.05, 3.63) is 23.8 Å². The van der Waals surface area contributed by atoms with Crippen LogP contribution in [-0.2, 0) is 6.54 Å². The van der Waals surface area contributed by atoms with Gasteiger partial charge >= 0.3 is 0 Å². The van der Waals surface area contributed by atoms with Crippen LogP contribution in [0.3, 0.4) is 0 Å². The van der Waals surface area contributed by atoms with Crippen LogP contribution in [0.25, 0.3) is 0 Å². The predicted octanol–water partition coefficient (Wildman–Crippen LogP) is 2.41. The van der Waals surface area contributed by atoms with E-state index in [4.69, 9.17) is 4.74 Å². The summed E-state index contributed by atoms with van der Waals surface area (Å²) in [5, 5.41) is 3.42. The van der Waals surface area contributed by atoms with Crippen LogP contribution in [0.15, 0.2) is 18.2 Å². The molecule has 1 fully saturated rings. The van der Waals surface area contributed by atoms with E-state index in [0.29, 0.717) is 6.04 Å². The first-order valence-electron chi connectivity index (χ1n) is 8.23. The average Bonchev–Trinajstić information content (AvgIpc) is 2.55. The van der Waals surface area contributed by atoms with Gasteiger partial charge < -0.3 is 10.1 Å². The van der Waals surface area contributed by atoms with Crippen LogP contribution in [-0.4, -0.2) is 55.2 Å². The van der Waals surface area contributed by atoms with E-state index in [9.17, 15) is 0 Å². The summed E-state index contributed by atoms with van der Waals surface area (Å²) in [5.74, 6) is 1.06. The molecular formula is C17H27N3O. The minimum atomic E-state index is 0.712. The molecule has 3 rings (SSSR count). The zero-order valence-corrected chi connectivity index (χ0v) is 13.3. The Bertz CT molecular complexity index is 469. The van der Waals surface area contributed by atoms with Crippen molar-refractivity contribution in [1.82, 2.24) is 9.80 Å². The summed E-state index contributed by atoms with van der Waals surface area (Å²) in [5.41, 5.74) is 2.47. The summed E-state index contributed by atoms with van der Waals surface area (Å²) >= 11 is 0. The van der Waals surface area contributed by atoms with Crippen LogP contribution in [0.5, 0.6) is 5.75 Å². The maximum Gasteiger partial charge on any atom is 0.146 e. The number of nitrogens with zero attached hydrogens (tertiary/aromatic N) is 2. The Morgan fingerprint density at radius 2 is 2.05 bits per heavy atom. The number of fused-ring (bicyclic) bond motifs is 1. The number of nitrogens with one attached hydrogen (secondary N) is 1. The van der Waals surface area contributed by atoms with Gasteiger partial charge in [-0.25, -0.2) is 0 Å². The third-order valence-electron chi connectivity index (χ3n) is 4.78. The number of anilines is 1. The number of hydrogen-bond donors (Lipinski definition) is 1. The van der Waals surface area contributed by atoms with Crippen LogP contribution < -0.4 is 10.1 Å². The van der Waals surface area contributed by atoms with Gasteiger partial charge in [-0.15, -0.1) is 0 Å². The van der Waals surface area contributed by atoms with Crippen LogP contribution in [0.2, 0.25) is 0 Å². The van der Waals surface area contributed by atoms with E-state index in [1.165, 1.54) is 25.1 Å². The number of rotatable bonds is 4. The van der Waals surface area contributed by atoms with Crippen molar-refractivity contribution in [1.29, 1.82) is 0 Å². The number of hydrogen-bond acceptors (Lipinski definition) is 4. The van der Waals surface area contributed by atoms with Crippen LogP contribution >= 0.6 is 0 Å². The summed E-state index contributed by atoms with van der Waals surface area (Å²) in [4.78, 5) is 5.15. The number of para-hydroxylation sites is 1. The highest BCUT2D eigenvalue weighted by Crippen LogP contribution is 2.32. The van der Waals surface area contributed by atoms with E-state index >= 15 is 0 Å². The van der Waals surface area contributed by atoms with Gasteiger partial charge in [0.15, 0.2) is 0 Å². The van der Waals surface area contributed by atoms with Gasteiger partial charge in [-0.1, -0.05) is 19.1 Å². The van der Waals surface area contributed by atoms with Crippen molar-refractivity contribution in [2.45, 2.75) is 32.9 Å². The fourth-order valence-corrected chi connectivity index (χ4v) is 3.22. The molecule has 0 spiro atoms. The van der Waals surface area contributed by atoms with E-state index in [0.717, 1.165) is 44.2 Å². The Kier molecular flexibility index (Phi) is 4.66. The molecule has 0 aromatic heterocycles. The van der Waals surface area contributed by atoms with Crippen molar-refractivity contribution >= 4 is 5.69 Å². The largest absolute Gasteiger partial charge is 0.489 e. The zero-order valence-electron chi connectivity index (χ0n) is 13.3. The smallest absolute Gasteiger partial charge is 0.146 e. The van der Waals surface area contributed by atoms with E-state index in [1.807, 2.05) is 0 Å². The second kappa shape index (κ2) is 6.67. The van der Waals surface area contributed by atoms with E-state index in [-0.39, 0.29) is 0 Å². The molecular weight excluding hydrogens is 262 g/mol. The molecule has 21 heavy (non-hydrogen) atoms. The summed E-state index contributed by atoms with van der Waals surface area (Å²) in [6.07, 6.45) is 1.24. The third kappa shape index (κ3) is 3.33. The summed E-state index contributed by atoms with van der Waals surface area (Å²) in [6, 6.07) is 7.15. The number of benzene rings is 1.